The van der Waals surface area contributed by atoms with Crippen LogP contribution in [0.1, 0.15) is 13.8 Å². The highest BCUT2D eigenvalue weighted by atomic mass is 32.2. The highest BCUT2D eigenvalue weighted by Gasteiger charge is 2.27. The lowest BCUT2D eigenvalue weighted by molar-refractivity contribution is -0.155. The number of benzene rings is 1. The number of amides is 3. The number of imide groups is 1. The third kappa shape index (κ3) is 5.72. The molecule has 3 amide bonds. The van der Waals surface area contributed by atoms with Crippen molar-refractivity contribution >= 4 is 29.7 Å². The summed E-state index contributed by atoms with van der Waals surface area (Å²) < 4.78 is 18.4. The molecule has 22 heavy (non-hydrogen) atoms. The van der Waals surface area contributed by atoms with Gasteiger partial charge in [-0.05, 0) is 18.1 Å². The first-order chi connectivity index (χ1) is 10.3. The smallest absolute Gasteiger partial charge is 0.318 e. The minimum absolute atomic E-state index is 0.159. The van der Waals surface area contributed by atoms with Crippen molar-refractivity contribution in [2.24, 2.45) is 11.7 Å². The Balaban J connectivity index is 2.59. The van der Waals surface area contributed by atoms with Crippen molar-refractivity contribution in [3.05, 3.63) is 30.1 Å². The Morgan fingerprint density at radius 2 is 1.95 bits per heavy atom. The molecule has 8 heteroatoms. The van der Waals surface area contributed by atoms with E-state index in [1.165, 1.54) is 12.1 Å². The predicted molar refractivity (Wildman–Crippen MR) is 79.6 cm³/mol. The Hall–Kier alpha value is -2.09. The number of nitrogens with two attached hydrogens (primary N) is 1. The first kappa shape index (κ1) is 18.0. The van der Waals surface area contributed by atoms with Gasteiger partial charge in [0.25, 0.3) is 5.91 Å². The first-order valence-corrected chi connectivity index (χ1v) is 7.47. The number of carbonyl (C=O) groups is 3. The molecule has 1 atom stereocenters. The number of esters is 1. The van der Waals surface area contributed by atoms with E-state index in [1.807, 2.05) is 5.32 Å². The second-order valence-electron chi connectivity index (χ2n) is 4.73. The number of hydrogen-bond acceptors (Lipinski definition) is 5. The molecule has 0 saturated carbocycles. The monoisotopic (exact) mass is 328 g/mol. The van der Waals surface area contributed by atoms with Crippen molar-refractivity contribution in [3.63, 3.8) is 0 Å². The van der Waals surface area contributed by atoms with Crippen molar-refractivity contribution in [3.8, 4) is 0 Å². The number of ether oxygens (including phenoxy) is 1. The molecule has 0 bridgehead atoms. The molecule has 0 fully saturated rings. The minimum atomic E-state index is -1.14. The van der Waals surface area contributed by atoms with Crippen LogP contribution in [-0.2, 0) is 14.3 Å². The number of carbonyl (C=O) groups excluding carboxylic acids is 3. The van der Waals surface area contributed by atoms with Gasteiger partial charge in [0.1, 0.15) is 5.82 Å². The average Bonchev–Trinajstić information content (AvgIpc) is 2.42. The first-order valence-electron chi connectivity index (χ1n) is 6.48. The van der Waals surface area contributed by atoms with E-state index < -0.39 is 29.8 Å². The number of halogens is 1. The van der Waals surface area contributed by atoms with Gasteiger partial charge in [0.05, 0.1) is 5.75 Å². The number of primary amides is 1. The quantitative estimate of drug-likeness (QED) is 0.611. The van der Waals surface area contributed by atoms with Gasteiger partial charge in [-0.15, -0.1) is 11.8 Å². The van der Waals surface area contributed by atoms with Gasteiger partial charge < -0.3 is 10.5 Å². The predicted octanol–water partition coefficient (Wildman–Crippen LogP) is 1.68. The Labute approximate surface area is 131 Å². The zero-order valence-corrected chi connectivity index (χ0v) is 13.0. The number of thioether (sulfide) groups is 1. The summed E-state index contributed by atoms with van der Waals surface area (Å²) in [6, 6.07) is 4.99. The molecule has 0 radical (unpaired) electrons. The maximum Gasteiger partial charge on any atom is 0.318 e. The summed E-state index contributed by atoms with van der Waals surface area (Å²) in [7, 11) is 0. The maximum atomic E-state index is 13.4. The molecule has 120 valence electrons. The fourth-order valence-corrected chi connectivity index (χ4v) is 2.28. The molecular formula is C14H17FN2O4S. The molecular weight excluding hydrogens is 311 g/mol. The van der Waals surface area contributed by atoms with Gasteiger partial charge in [0.2, 0.25) is 0 Å². The zero-order chi connectivity index (χ0) is 16.7. The maximum absolute atomic E-state index is 13.4. The van der Waals surface area contributed by atoms with Gasteiger partial charge in [0.15, 0.2) is 6.10 Å². The molecule has 1 aromatic rings. The molecule has 0 aliphatic carbocycles. The lowest BCUT2D eigenvalue weighted by Crippen LogP contribution is -2.45. The molecule has 1 rings (SSSR count). The highest BCUT2D eigenvalue weighted by molar-refractivity contribution is 8.00. The molecule has 0 heterocycles. The molecule has 3 N–H and O–H groups in total. The third-order valence-corrected chi connectivity index (χ3v) is 3.57. The average molecular weight is 328 g/mol. The summed E-state index contributed by atoms with van der Waals surface area (Å²) in [5.41, 5.74) is 4.86. The number of nitrogens with one attached hydrogen (secondary N) is 1. The summed E-state index contributed by atoms with van der Waals surface area (Å²) in [4.78, 5) is 34.5. The van der Waals surface area contributed by atoms with Gasteiger partial charge >= 0.3 is 12.0 Å². The third-order valence-electron chi connectivity index (χ3n) is 2.55. The fourth-order valence-electron chi connectivity index (χ4n) is 1.56. The number of hydrogen-bond donors (Lipinski definition) is 2. The Kier molecular flexibility index (Phi) is 6.84. The zero-order valence-electron chi connectivity index (χ0n) is 12.2. The molecule has 0 unspecified atom stereocenters. The summed E-state index contributed by atoms with van der Waals surface area (Å²) >= 11 is 0.962. The van der Waals surface area contributed by atoms with Crippen molar-refractivity contribution in [2.75, 3.05) is 5.75 Å². The molecule has 0 aromatic heterocycles. The largest absolute Gasteiger partial charge is 0.451 e. The second kappa shape index (κ2) is 8.38. The Morgan fingerprint density at radius 1 is 1.32 bits per heavy atom. The standard InChI is InChI=1S/C14H17FN2O4S/c1-8(2)12(13(19)17-14(16)20)21-11(18)7-22-10-6-4-3-5-9(10)15/h3-6,8,12H,7H2,1-2H3,(H3,16,17,19,20)/t12-/m0/s1. The van der Waals surface area contributed by atoms with Crippen LogP contribution in [0.5, 0.6) is 0 Å². The number of urea groups is 1. The van der Waals surface area contributed by atoms with Gasteiger partial charge in [0, 0.05) is 4.90 Å². The Morgan fingerprint density at radius 3 is 2.50 bits per heavy atom. The van der Waals surface area contributed by atoms with Crippen molar-refractivity contribution in [1.82, 2.24) is 5.32 Å². The lowest BCUT2D eigenvalue weighted by atomic mass is 10.1. The van der Waals surface area contributed by atoms with Crippen LogP contribution in [0, 0.1) is 11.7 Å². The molecule has 0 spiro atoms. The van der Waals surface area contributed by atoms with E-state index >= 15 is 0 Å². The van der Waals surface area contributed by atoms with Crippen LogP contribution in [0.4, 0.5) is 9.18 Å². The van der Waals surface area contributed by atoms with Crippen molar-refractivity contribution in [2.45, 2.75) is 24.8 Å². The second-order valence-corrected chi connectivity index (χ2v) is 5.74. The van der Waals surface area contributed by atoms with Crippen molar-refractivity contribution in [1.29, 1.82) is 0 Å². The normalized spacial score (nSPS) is 11.8. The summed E-state index contributed by atoms with van der Waals surface area (Å²) in [6.07, 6.45) is -1.14. The molecule has 0 aliphatic heterocycles. The van der Waals surface area contributed by atoms with Gasteiger partial charge in [-0.25, -0.2) is 9.18 Å². The topological polar surface area (TPSA) is 98.5 Å². The summed E-state index contributed by atoms with van der Waals surface area (Å²) in [5.74, 6) is -2.42. The van der Waals surface area contributed by atoms with Gasteiger partial charge in [-0.2, -0.15) is 0 Å². The molecule has 6 nitrogen and oxygen atoms in total. The van der Waals surface area contributed by atoms with Gasteiger partial charge in [-0.3, -0.25) is 14.9 Å². The van der Waals surface area contributed by atoms with Crippen LogP contribution in [0.2, 0.25) is 0 Å². The van der Waals surface area contributed by atoms with Crippen molar-refractivity contribution < 1.29 is 23.5 Å². The van der Waals surface area contributed by atoms with E-state index in [0.717, 1.165) is 11.8 Å². The summed E-state index contributed by atoms with van der Waals surface area (Å²) in [5, 5.41) is 1.87. The highest BCUT2D eigenvalue weighted by Crippen LogP contribution is 2.21. The van der Waals surface area contributed by atoms with Crippen LogP contribution in [-0.4, -0.2) is 29.8 Å². The van der Waals surface area contributed by atoms with Crippen LogP contribution < -0.4 is 11.1 Å². The van der Waals surface area contributed by atoms with E-state index in [1.54, 1.807) is 26.0 Å². The van der Waals surface area contributed by atoms with Crippen LogP contribution in [0.3, 0.4) is 0 Å². The lowest BCUT2D eigenvalue weighted by Gasteiger charge is -2.19. The minimum Gasteiger partial charge on any atom is -0.451 e. The molecule has 0 saturated heterocycles. The van der Waals surface area contributed by atoms with Crippen LogP contribution >= 0.6 is 11.8 Å². The van der Waals surface area contributed by atoms with E-state index in [-0.39, 0.29) is 11.7 Å². The summed E-state index contributed by atoms with van der Waals surface area (Å²) in [6.45, 7) is 3.31. The molecule has 0 aliphatic rings. The van der Waals surface area contributed by atoms with Crippen LogP contribution in [0.15, 0.2) is 29.2 Å². The van der Waals surface area contributed by atoms with Crippen LogP contribution in [0.25, 0.3) is 0 Å². The SMILES string of the molecule is CC(C)[C@H](OC(=O)CSc1ccccc1F)C(=O)NC(N)=O. The van der Waals surface area contributed by atoms with Gasteiger partial charge in [-0.1, -0.05) is 26.0 Å². The number of rotatable bonds is 6. The fraction of sp³-hybridized carbons (Fsp3) is 0.357. The van der Waals surface area contributed by atoms with E-state index in [2.05, 4.69) is 0 Å². The molecule has 1 aromatic carbocycles. The van der Waals surface area contributed by atoms with E-state index in [9.17, 15) is 18.8 Å². The Bertz CT molecular complexity index is 566. The van der Waals surface area contributed by atoms with E-state index in [0.29, 0.717) is 4.90 Å². The van der Waals surface area contributed by atoms with E-state index in [4.69, 9.17) is 10.5 Å².